The van der Waals surface area contributed by atoms with Gasteiger partial charge in [-0.2, -0.15) is 12.7 Å². The van der Waals surface area contributed by atoms with Gasteiger partial charge in [0.1, 0.15) is 0 Å². The second kappa shape index (κ2) is 4.24. The average molecular weight is 222 g/mol. The van der Waals surface area contributed by atoms with E-state index in [0.29, 0.717) is 13.0 Å². The smallest absolute Gasteiger partial charge is 0.307 e. The maximum Gasteiger partial charge on any atom is 0.307 e. The highest BCUT2D eigenvalue weighted by molar-refractivity contribution is 7.87. The number of nitrogens with zero attached hydrogens (tertiary/aromatic N) is 1. The van der Waals surface area contributed by atoms with Gasteiger partial charge in [-0.25, -0.2) is 4.72 Å². The number of aliphatic carboxylic acids is 1. The summed E-state index contributed by atoms with van der Waals surface area (Å²) in [7, 11) is -3.46. The van der Waals surface area contributed by atoms with Crippen LogP contribution >= 0.6 is 0 Å². The van der Waals surface area contributed by atoms with Gasteiger partial charge in [-0.15, -0.1) is 0 Å². The number of nitrogens with one attached hydrogen (secondary N) is 1. The van der Waals surface area contributed by atoms with Crippen molar-refractivity contribution in [3.63, 3.8) is 0 Å². The van der Waals surface area contributed by atoms with Gasteiger partial charge in [0, 0.05) is 19.6 Å². The third kappa shape index (κ3) is 2.43. The second-order valence-corrected chi connectivity index (χ2v) is 4.94. The maximum absolute atomic E-state index is 11.4. The molecule has 1 aliphatic heterocycles. The summed E-state index contributed by atoms with van der Waals surface area (Å²) < 4.78 is 26.4. The molecule has 0 aromatic rings. The van der Waals surface area contributed by atoms with Gasteiger partial charge in [0.2, 0.25) is 0 Å². The molecule has 1 saturated heterocycles. The van der Waals surface area contributed by atoms with Crippen LogP contribution in [-0.2, 0) is 15.0 Å². The van der Waals surface area contributed by atoms with Crippen molar-refractivity contribution >= 4 is 16.2 Å². The first-order chi connectivity index (χ1) is 6.47. The molecule has 0 radical (unpaired) electrons. The highest BCUT2D eigenvalue weighted by atomic mass is 32.2. The van der Waals surface area contributed by atoms with Crippen LogP contribution in [-0.4, -0.2) is 43.4 Å². The number of rotatable bonds is 4. The lowest BCUT2D eigenvalue weighted by molar-refractivity contribution is -0.141. The van der Waals surface area contributed by atoms with Crippen molar-refractivity contribution in [1.82, 2.24) is 9.03 Å². The van der Waals surface area contributed by atoms with E-state index in [1.54, 1.807) is 6.92 Å². The summed E-state index contributed by atoms with van der Waals surface area (Å²) in [4.78, 5) is 10.6. The summed E-state index contributed by atoms with van der Waals surface area (Å²) in [5, 5.41) is 8.68. The van der Waals surface area contributed by atoms with E-state index in [-0.39, 0.29) is 13.1 Å². The molecule has 14 heavy (non-hydrogen) atoms. The van der Waals surface area contributed by atoms with Gasteiger partial charge in [-0.05, 0) is 6.42 Å². The van der Waals surface area contributed by atoms with Gasteiger partial charge in [0.05, 0.1) is 5.92 Å². The van der Waals surface area contributed by atoms with Gasteiger partial charge in [-0.1, -0.05) is 6.92 Å². The monoisotopic (exact) mass is 222 g/mol. The molecule has 1 unspecified atom stereocenters. The van der Waals surface area contributed by atoms with E-state index in [2.05, 4.69) is 4.72 Å². The van der Waals surface area contributed by atoms with Crippen LogP contribution in [0.3, 0.4) is 0 Å². The lowest BCUT2D eigenvalue weighted by Gasteiger charge is -2.15. The summed E-state index contributed by atoms with van der Waals surface area (Å²) in [5.41, 5.74) is 0. The zero-order valence-electron chi connectivity index (χ0n) is 7.93. The van der Waals surface area contributed by atoms with E-state index in [9.17, 15) is 13.2 Å². The Morgan fingerprint density at radius 3 is 2.71 bits per heavy atom. The molecule has 0 aromatic carbocycles. The summed E-state index contributed by atoms with van der Waals surface area (Å²) in [6, 6.07) is 0. The molecule has 7 heteroatoms. The van der Waals surface area contributed by atoms with E-state index in [1.165, 1.54) is 4.31 Å². The Bertz CT molecular complexity index is 314. The third-order valence-corrected chi connectivity index (χ3v) is 3.83. The normalized spacial score (nSPS) is 23.9. The minimum absolute atomic E-state index is 0.0741. The molecule has 82 valence electrons. The summed E-state index contributed by atoms with van der Waals surface area (Å²) in [6.45, 7) is 2.36. The summed E-state index contributed by atoms with van der Waals surface area (Å²) >= 11 is 0. The summed E-state index contributed by atoms with van der Waals surface area (Å²) in [5.74, 6) is -1.50. The van der Waals surface area contributed by atoms with Crippen molar-refractivity contribution < 1.29 is 18.3 Å². The third-order valence-electron chi connectivity index (χ3n) is 2.17. The molecular formula is C7H14N2O4S. The zero-order chi connectivity index (χ0) is 10.8. The molecule has 0 aromatic heterocycles. The first-order valence-electron chi connectivity index (χ1n) is 4.45. The molecule has 6 nitrogen and oxygen atoms in total. The molecular weight excluding hydrogens is 208 g/mol. The van der Waals surface area contributed by atoms with Crippen LogP contribution in [0.2, 0.25) is 0 Å². The van der Waals surface area contributed by atoms with E-state index < -0.39 is 22.1 Å². The SMILES string of the molecule is CCNS(=O)(=O)N1CCC(C(=O)O)C1. The van der Waals surface area contributed by atoms with Crippen LogP contribution in [0.25, 0.3) is 0 Å². The maximum atomic E-state index is 11.4. The van der Waals surface area contributed by atoms with E-state index >= 15 is 0 Å². The number of carbonyl (C=O) groups is 1. The molecule has 1 rings (SSSR count). The van der Waals surface area contributed by atoms with Crippen LogP contribution in [0.4, 0.5) is 0 Å². The standard InChI is InChI=1S/C7H14N2O4S/c1-2-8-14(12,13)9-4-3-6(5-9)7(10)11/h6,8H,2-5H2,1H3,(H,10,11). The quantitative estimate of drug-likeness (QED) is 0.655. The molecule has 1 aliphatic rings. The molecule has 1 heterocycles. The number of carboxylic acid groups (broad SMARTS) is 1. The molecule has 1 fully saturated rings. The van der Waals surface area contributed by atoms with E-state index in [0.717, 1.165) is 0 Å². The highest BCUT2D eigenvalue weighted by Crippen LogP contribution is 2.18. The summed E-state index contributed by atoms with van der Waals surface area (Å²) in [6.07, 6.45) is 0.389. The zero-order valence-corrected chi connectivity index (χ0v) is 8.75. The Morgan fingerprint density at radius 2 is 2.29 bits per heavy atom. The van der Waals surface area contributed by atoms with E-state index in [1.807, 2.05) is 0 Å². The molecule has 0 amide bonds. The van der Waals surface area contributed by atoms with Crippen molar-refractivity contribution in [2.75, 3.05) is 19.6 Å². The van der Waals surface area contributed by atoms with Gasteiger partial charge in [0.15, 0.2) is 0 Å². The number of carboxylic acids is 1. The fraction of sp³-hybridized carbons (Fsp3) is 0.857. The van der Waals surface area contributed by atoms with Gasteiger partial charge in [0.25, 0.3) is 10.2 Å². The van der Waals surface area contributed by atoms with Crippen molar-refractivity contribution in [3.8, 4) is 0 Å². The fourth-order valence-electron chi connectivity index (χ4n) is 1.42. The number of hydrogen-bond donors (Lipinski definition) is 2. The lowest BCUT2D eigenvalue weighted by atomic mass is 10.1. The van der Waals surface area contributed by atoms with Crippen LogP contribution < -0.4 is 4.72 Å². The predicted molar refractivity (Wildman–Crippen MR) is 49.9 cm³/mol. The largest absolute Gasteiger partial charge is 0.481 e. The van der Waals surface area contributed by atoms with Gasteiger partial charge >= 0.3 is 5.97 Å². The molecule has 1 atom stereocenters. The Hall–Kier alpha value is -0.660. The van der Waals surface area contributed by atoms with Gasteiger partial charge in [-0.3, -0.25) is 4.79 Å². The molecule has 0 saturated carbocycles. The average Bonchev–Trinajstić information content (AvgIpc) is 2.51. The molecule has 0 spiro atoms. The first kappa shape index (κ1) is 11.4. The van der Waals surface area contributed by atoms with Crippen LogP contribution in [0, 0.1) is 5.92 Å². The Balaban J connectivity index is 2.62. The molecule has 0 aliphatic carbocycles. The minimum Gasteiger partial charge on any atom is -0.481 e. The fourth-order valence-corrected chi connectivity index (χ4v) is 2.69. The van der Waals surface area contributed by atoms with Crippen molar-refractivity contribution in [3.05, 3.63) is 0 Å². The van der Waals surface area contributed by atoms with Gasteiger partial charge < -0.3 is 5.11 Å². The van der Waals surface area contributed by atoms with Crippen molar-refractivity contribution in [1.29, 1.82) is 0 Å². The predicted octanol–water partition coefficient (Wildman–Crippen LogP) is -0.753. The Labute approximate surface area is 83.1 Å². The topological polar surface area (TPSA) is 86.7 Å². The molecule has 2 N–H and O–H groups in total. The number of hydrogen-bond acceptors (Lipinski definition) is 3. The van der Waals surface area contributed by atoms with Crippen molar-refractivity contribution in [2.45, 2.75) is 13.3 Å². The lowest BCUT2D eigenvalue weighted by Crippen LogP contribution is -2.39. The second-order valence-electron chi connectivity index (χ2n) is 3.18. The highest BCUT2D eigenvalue weighted by Gasteiger charge is 2.34. The van der Waals surface area contributed by atoms with Crippen LogP contribution in [0.1, 0.15) is 13.3 Å². The van der Waals surface area contributed by atoms with Crippen molar-refractivity contribution in [2.24, 2.45) is 5.92 Å². The van der Waals surface area contributed by atoms with Crippen LogP contribution in [0.5, 0.6) is 0 Å². The van der Waals surface area contributed by atoms with E-state index in [4.69, 9.17) is 5.11 Å². The molecule has 0 bridgehead atoms. The Kier molecular flexibility index (Phi) is 3.46. The minimum atomic E-state index is -3.46. The Morgan fingerprint density at radius 1 is 1.64 bits per heavy atom. The first-order valence-corrected chi connectivity index (χ1v) is 5.89. The van der Waals surface area contributed by atoms with Crippen LogP contribution in [0.15, 0.2) is 0 Å².